The molecule has 0 bridgehead atoms. The molecule has 0 saturated carbocycles. The van der Waals surface area contributed by atoms with Crippen LogP contribution in [0.2, 0.25) is 0 Å². The largest absolute Gasteiger partial charge is 0.369 e. The minimum atomic E-state index is 0.237. The lowest BCUT2D eigenvalue weighted by Gasteiger charge is -2.21. The van der Waals surface area contributed by atoms with Crippen LogP contribution in [0.25, 0.3) is 0 Å². The van der Waals surface area contributed by atoms with Crippen LogP contribution in [-0.2, 0) is 6.42 Å². The summed E-state index contributed by atoms with van der Waals surface area (Å²) in [7, 11) is 3.82. The number of hydrogen-bond acceptors (Lipinski definition) is 5. The summed E-state index contributed by atoms with van der Waals surface area (Å²) in [6, 6.07) is 0. The number of rotatable bonds is 5. The smallest absolute Gasteiger partial charge is 0.209 e. The molecule has 0 spiro atoms. The van der Waals surface area contributed by atoms with Gasteiger partial charge in [0, 0.05) is 32.1 Å². The summed E-state index contributed by atoms with van der Waals surface area (Å²) < 4.78 is 0. The standard InChI is InChI=1S/C12H20N6S/c1-5-10-9(2)19-12(16-10)18(4)7-6-17(3)11(14)15-8-13/h5-7H2,1-4H3,(H2,14,15). The molecule has 0 saturated heterocycles. The van der Waals surface area contributed by atoms with E-state index in [1.807, 2.05) is 14.1 Å². The third-order valence-electron chi connectivity index (χ3n) is 2.87. The Hall–Kier alpha value is -1.81. The first kappa shape index (κ1) is 15.2. The fourth-order valence-electron chi connectivity index (χ4n) is 1.55. The van der Waals surface area contributed by atoms with Crippen LogP contribution in [0.1, 0.15) is 17.5 Å². The molecule has 0 atom stereocenters. The summed E-state index contributed by atoms with van der Waals surface area (Å²) in [4.78, 5) is 13.2. The molecule has 0 aliphatic carbocycles. The van der Waals surface area contributed by atoms with Crippen molar-refractivity contribution in [2.45, 2.75) is 20.3 Å². The van der Waals surface area contributed by atoms with Crippen LogP contribution >= 0.6 is 11.3 Å². The molecule has 0 radical (unpaired) electrons. The number of nitrogens with two attached hydrogens (primary N) is 1. The first-order valence-corrected chi connectivity index (χ1v) is 6.92. The van der Waals surface area contributed by atoms with Crippen molar-refractivity contribution in [2.75, 3.05) is 32.1 Å². The maximum absolute atomic E-state index is 8.44. The van der Waals surface area contributed by atoms with Gasteiger partial charge in [0.1, 0.15) is 0 Å². The molecule has 1 aromatic heterocycles. The SMILES string of the molecule is CCc1nc(N(C)CCN(C)C(N)=NC#N)sc1C. The van der Waals surface area contributed by atoms with Crippen molar-refractivity contribution < 1.29 is 0 Å². The molecule has 0 unspecified atom stereocenters. The van der Waals surface area contributed by atoms with Gasteiger partial charge in [-0.25, -0.2) is 4.98 Å². The van der Waals surface area contributed by atoms with Crippen molar-refractivity contribution in [1.29, 1.82) is 5.26 Å². The predicted octanol–water partition coefficient (Wildman–Crippen LogP) is 1.18. The normalized spacial score (nSPS) is 11.2. The Morgan fingerprint density at radius 3 is 2.68 bits per heavy atom. The number of hydrogen-bond donors (Lipinski definition) is 1. The number of aromatic nitrogens is 1. The highest BCUT2D eigenvalue weighted by atomic mass is 32.1. The Bertz CT molecular complexity index is 487. The molecule has 2 N–H and O–H groups in total. The Kier molecular flexibility index (Phi) is 5.57. The summed E-state index contributed by atoms with van der Waals surface area (Å²) in [6.07, 6.45) is 2.64. The molecule has 1 aromatic rings. The topological polar surface area (TPSA) is 81.5 Å². The molecule has 0 amide bonds. The van der Waals surface area contributed by atoms with Crippen molar-refractivity contribution >= 4 is 22.4 Å². The van der Waals surface area contributed by atoms with E-state index >= 15 is 0 Å². The second kappa shape index (κ2) is 6.95. The van der Waals surface area contributed by atoms with E-state index in [1.54, 1.807) is 22.4 Å². The van der Waals surface area contributed by atoms with Gasteiger partial charge in [-0.05, 0) is 13.3 Å². The van der Waals surface area contributed by atoms with Gasteiger partial charge in [0.25, 0.3) is 0 Å². The first-order valence-electron chi connectivity index (χ1n) is 6.10. The van der Waals surface area contributed by atoms with Crippen molar-refractivity contribution in [3.63, 3.8) is 0 Å². The molecule has 7 heteroatoms. The Morgan fingerprint density at radius 1 is 1.47 bits per heavy atom. The number of thiazole rings is 1. The predicted molar refractivity (Wildman–Crippen MR) is 79.4 cm³/mol. The summed E-state index contributed by atoms with van der Waals surface area (Å²) in [5.74, 6) is 0.237. The van der Waals surface area contributed by atoms with E-state index in [4.69, 9.17) is 11.0 Å². The molecule has 1 heterocycles. The zero-order valence-corrected chi connectivity index (χ0v) is 12.7. The van der Waals surface area contributed by atoms with E-state index < -0.39 is 0 Å². The van der Waals surface area contributed by atoms with Crippen LogP contribution in [0.4, 0.5) is 5.13 Å². The fourth-order valence-corrected chi connectivity index (χ4v) is 2.54. The molecule has 0 aliphatic rings. The zero-order valence-electron chi connectivity index (χ0n) is 11.8. The second-order valence-corrected chi connectivity index (χ2v) is 5.45. The summed E-state index contributed by atoms with van der Waals surface area (Å²) >= 11 is 1.70. The molecular formula is C12H20N6S. The number of likely N-dealkylation sites (N-methyl/N-ethyl adjacent to an activating group) is 2. The first-order chi connectivity index (χ1) is 8.99. The minimum Gasteiger partial charge on any atom is -0.369 e. The Balaban J connectivity index is 2.58. The van der Waals surface area contributed by atoms with Gasteiger partial charge in [0.2, 0.25) is 12.2 Å². The highest BCUT2D eigenvalue weighted by Crippen LogP contribution is 2.24. The van der Waals surface area contributed by atoms with E-state index in [0.29, 0.717) is 6.54 Å². The van der Waals surface area contributed by atoms with Crippen LogP contribution in [0.3, 0.4) is 0 Å². The highest BCUT2D eigenvalue weighted by molar-refractivity contribution is 7.15. The average Bonchev–Trinajstić information content (AvgIpc) is 2.77. The van der Waals surface area contributed by atoms with Gasteiger partial charge in [-0.3, -0.25) is 0 Å². The van der Waals surface area contributed by atoms with E-state index in [-0.39, 0.29) is 5.96 Å². The van der Waals surface area contributed by atoms with Crippen molar-refractivity contribution in [3.05, 3.63) is 10.6 Å². The van der Waals surface area contributed by atoms with Crippen molar-refractivity contribution in [3.8, 4) is 6.19 Å². The molecule has 1 rings (SSSR count). The van der Waals surface area contributed by atoms with Crippen molar-refractivity contribution in [1.82, 2.24) is 9.88 Å². The van der Waals surface area contributed by atoms with Crippen molar-refractivity contribution in [2.24, 2.45) is 10.7 Å². The van der Waals surface area contributed by atoms with E-state index in [9.17, 15) is 0 Å². The lowest BCUT2D eigenvalue weighted by Crippen LogP contribution is -2.39. The number of aliphatic imine (C=N–C) groups is 1. The number of guanidine groups is 1. The molecular weight excluding hydrogens is 260 g/mol. The Morgan fingerprint density at radius 2 is 2.16 bits per heavy atom. The molecule has 0 fully saturated rings. The minimum absolute atomic E-state index is 0.237. The molecule has 104 valence electrons. The monoisotopic (exact) mass is 280 g/mol. The van der Waals surface area contributed by atoms with Gasteiger partial charge in [0.05, 0.1) is 5.69 Å². The van der Waals surface area contributed by atoms with Gasteiger partial charge in [-0.2, -0.15) is 5.26 Å². The van der Waals surface area contributed by atoms with Gasteiger partial charge in [-0.15, -0.1) is 16.3 Å². The van der Waals surface area contributed by atoms with Crippen LogP contribution in [0, 0.1) is 18.4 Å². The van der Waals surface area contributed by atoms with Crippen LogP contribution in [-0.4, -0.2) is 43.0 Å². The Labute approximate surface area is 118 Å². The lowest BCUT2D eigenvalue weighted by molar-refractivity contribution is 0.504. The highest BCUT2D eigenvalue weighted by Gasteiger charge is 2.11. The number of anilines is 1. The van der Waals surface area contributed by atoms with Gasteiger partial charge in [-0.1, -0.05) is 6.92 Å². The number of nitriles is 1. The maximum atomic E-state index is 8.44. The van der Waals surface area contributed by atoms with E-state index in [2.05, 4.69) is 28.7 Å². The second-order valence-electron chi connectivity index (χ2n) is 4.27. The summed E-state index contributed by atoms with van der Waals surface area (Å²) in [5.41, 5.74) is 6.78. The molecule has 0 aromatic carbocycles. The summed E-state index contributed by atoms with van der Waals surface area (Å²) in [6.45, 7) is 5.66. The molecule has 19 heavy (non-hydrogen) atoms. The van der Waals surface area contributed by atoms with Gasteiger partial charge >= 0.3 is 0 Å². The van der Waals surface area contributed by atoms with Crippen LogP contribution < -0.4 is 10.6 Å². The van der Waals surface area contributed by atoms with E-state index in [1.165, 1.54) is 4.88 Å². The van der Waals surface area contributed by atoms with Gasteiger partial charge in [0.15, 0.2) is 5.13 Å². The quantitative estimate of drug-likeness (QED) is 0.497. The fraction of sp³-hybridized carbons (Fsp3) is 0.583. The zero-order chi connectivity index (χ0) is 14.4. The van der Waals surface area contributed by atoms with Gasteiger partial charge < -0.3 is 15.5 Å². The van der Waals surface area contributed by atoms with E-state index in [0.717, 1.165) is 23.8 Å². The maximum Gasteiger partial charge on any atom is 0.209 e. The number of nitrogens with zero attached hydrogens (tertiary/aromatic N) is 5. The molecule has 6 nitrogen and oxygen atoms in total. The van der Waals surface area contributed by atoms with Crippen LogP contribution in [0.5, 0.6) is 0 Å². The average molecular weight is 280 g/mol. The third-order valence-corrected chi connectivity index (χ3v) is 4.00. The molecule has 0 aliphatic heterocycles. The third kappa shape index (κ3) is 4.10. The summed E-state index contributed by atoms with van der Waals surface area (Å²) in [5, 5.41) is 9.45. The van der Waals surface area contributed by atoms with Crippen LogP contribution in [0.15, 0.2) is 4.99 Å². The lowest BCUT2D eigenvalue weighted by atomic mass is 10.3. The number of aryl methyl sites for hydroxylation is 2.